The number of nitrogens with one attached hydrogen (secondary N) is 1. The predicted octanol–water partition coefficient (Wildman–Crippen LogP) is 3.93. The number of benzene rings is 1. The molecule has 8 nitrogen and oxygen atoms in total. The average molecular weight is 477 g/mol. The summed E-state index contributed by atoms with van der Waals surface area (Å²) in [4.78, 5) is 32.3. The second kappa shape index (κ2) is 11.8. The van der Waals surface area contributed by atoms with Crippen molar-refractivity contribution in [3.05, 3.63) is 52.2 Å². The molecule has 1 aromatic rings. The summed E-state index contributed by atoms with van der Waals surface area (Å²) in [6.45, 7) is 3.32. The molecule has 2 aliphatic rings. The lowest BCUT2D eigenvalue weighted by molar-refractivity contribution is -0.139. The van der Waals surface area contributed by atoms with Gasteiger partial charge in [-0.25, -0.2) is 4.79 Å². The molecule has 1 aromatic carbocycles. The van der Waals surface area contributed by atoms with E-state index in [1.165, 1.54) is 6.08 Å². The fourth-order valence-corrected chi connectivity index (χ4v) is 3.86. The lowest BCUT2D eigenvalue weighted by Gasteiger charge is -2.26. The lowest BCUT2D eigenvalue weighted by atomic mass is 10.0. The molecule has 2 aliphatic heterocycles. The van der Waals surface area contributed by atoms with Gasteiger partial charge in [0.05, 0.1) is 10.7 Å². The van der Waals surface area contributed by atoms with Crippen molar-refractivity contribution in [3.63, 3.8) is 0 Å². The van der Waals surface area contributed by atoms with Crippen molar-refractivity contribution >= 4 is 29.6 Å². The van der Waals surface area contributed by atoms with Gasteiger partial charge in [0.1, 0.15) is 23.7 Å². The highest BCUT2D eigenvalue weighted by molar-refractivity contribution is 6.34. The number of rotatable bonds is 4. The molecule has 1 atom stereocenters. The number of halogens is 1. The van der Waals surface area contributed by atoms with Gasteiger partial charge in [0.2, 0.25) is 0 Å². The minimum absolute atomic E-state index is 0.0286. The van der Waals surface area contributed by atoms with Gasteiger partial charge in [-0.15, -0.1) is 0 Å². The molecule has 0 aliphatic carbocycles. The minimum Gasteiger partial charge on any atom is -0.507 e. The SMILES string of the molecule is CC1C=CCOC(=O)c2c(O)cc(O)c(Cl)c2/C=C(NOCC(=O)N2CCCCC2)/C=C/C1. The van der Waals surface area contributed by atoms with E-state index in [-0.39, 0.29) is 46.9 Å². The first-order chi connectivity index (χ1) is 15.9. The summed E-state index contributed by atoms with van der Waals surface area (Å²) in [6, 6.07) is 0.989. The molecule has 9 heteroatoms. The van der Waals surface area contributed by atoms with E-state index in [1.54, 1.807) is 17.1 Å². The third kappa shape index (κ3) is 6.76. The van der Waals surface area contributed by atoms with Crippen LogP contribution in [0.1, 0.15) is 48.5 Å². The number of likely N-dealkylation sites (tertiary alicyclic amines) is 1. The van der Waals surface area contributed by atoms with Crippen LogP contribution < -0.4 is 5.48 Å². The lowest BCUT2D eigenvalue weighted by Crippen LogP contribution is -2.39. The van der Waals surface area contributed by atoms with Crippen molar-refractivity contribution in [3.8, 4) is 11.5 Å². The van der Waals surface area contributed by atoms with Crippen LogP contribution in [0.4, 0.5) is 0 Å². The Morgan fingerprint density at radius 1 is 1.24 bits per heavy atom. The highest BCUT2D eigenvalue weighted by Gasteiger charge is 2.23. The summed E-state index contributed by atoms with van der Waals surface area (Å²) < 4.78 is 5.24. The number of phenolic OH excluding ortho intramolecular Hbond substituents is 2. The maximum absolute atomic E-state index is 12.7. The van der Waals surface area contributed by atoms with Crippen LogP contribution in [-0.4, -0.2) is 53.3 Å². The fourth-order valence-electron chi connectivity index (χ4n) is 3.66. The number of allylic oxidation sites excluding steroid dienone is 3. The van der Waals surface area contributed by atoms with E-state index in [1.807, 2.05) is 19.1 Å². The maximum Gasteiger partial charge on any atom is 0.342 e. The second-order valence-corrected chi connectivity index (χ2v) is 8.47. The molecular formula is C24H29ClN2O6. The monoisotopic (exact) mass is 476 g/mol. The highest BCUT2D eigenvalue weighted by Crippen LogP contribution is 2.38. The smallest absolute Gasteiger partial charge is 0.342 e. The quantitative estimate of drug-likeness (QED) is 0.343. The third-order valence-electron chi connectivity index (χ3n) is 5.44. The first-order valence-corrected chi connectivity index (χ1v) is 11.4. The zero-order chi connectivity index (χ0) is 23.8. The largest absolute Gasteiger partial charge is 0.507 e. The zero-order valence-electron chi connectivity index (χ0n) is 18.6. The number of hydrogen-bond donors (Lipinski definition) is 3. The number of carbonyl (C=O) groups is 2. The molecule has 0 aromatic heterocycles. The van der Waals surface area contributed by atoms with Crippen LogP contribution in [0.5, 0.6) is 11.5 Å². The van der Waals surface area contributed by atoms with E-state index in [2.05, 4.69) is 5.48 Å². The molecule has 0 saturated carbocycles. The van der Waals surface area contributed by atoms with Crippen LogP contribution in [0, 0.1) is 5.92 Å². The van der Waals surface area contributed by atoms with E-state index in [4.69, 9.17) is 21.2 Å². The molecule has 1 unspecified atom stereocenters. The van der Waals surface area contributed by atoms with Gasteiger partial charge < -0.3 is 19.8 Å². The predicted molar refractivity (Wildman–Crippen MR) is 125 cm³/mol. The van der Waals surface area contributed by atoms with Gasteiger partial charge in [-0.05, 0) is 43.8 Å². The van der Waals surface area contributed by atoms with Crippen molar-refractivity contribution in [2.45, 2.75) is 32.6 Å². The van der Waals surface area contributed by atoms with Gasteiger partial charge >= 0.3 is 5.97 Å². The summed E-state index contributed by atoms with van der Waals surface area (Å²) >= 11 is 6.27. The summed E-state index contributed by atoms with van der Waals surface area (Å²) in [5.41, 5.74) is 2.98. The van der Waals surface area contributed by atoms with Crippen LogP contribution >= 0.6 is 11.6 Å². The van der Waals surface area contributed by atoms with Crippen LogP contribution in [0.3, 0.4) is 0 Å². The average Bonchev–Trinajstić information content (AvgIpc) is 2.80. The number of cyclic esters (lactones) is 1. The third-order valence-corrected chi connectivity index (χ3v) is 5.84. The molecule has 3 N–H and O–H groups in total. The van der Waals surface area contributed by atoms with Crippen molar-refractivity contribution in [1.82, 2.24) is 10.4 Å². The van der Waals surface area contributed by atoms with Crippen LogP contribution in [0.25, 0.3) is 6.08 Å². The van der Waals surface area contributed by atoms with Crippen molar-refractivity contribution in [2.75, 3.05) is 26.3 Å². The number of fused-ring (bicyclic) bond motifs is 1. The topological polar surface area (TPSA) is 108 Å². The Hall–Kier alpha value is -2.97. The highest BCUT2D eigenvalue weighted by atomic mass is 35.5. The Balaban J connectivity index is 1.88. The molecular weight excluding hydrogens is 448 g/mol. The molecule has 33 heavy (non-hydrogen) atoms. The van der Waals surface area contributed by atoms with Crippen molar-refractivity contribution in [1.29, 1.82) is 0 Å². The molecule has 1 amide bonds. The standard InChI is InChI=1S/C24H29ClN2O6/c1-16-7-5-9-17(26-33-15-21(30)27-10-3-2-4-11-27)13-18-22(24(31)32-12-6-8-16)19(28)14-20(29)23(18)25/h5-6,8-9,13-14,16,26,28-29H,2-4,7,10-12,15H2,1H3/b8-6?,9-5+,17-13-. The van der Waals surface area contributed by atoms with Crippen LogP contribution in [0.15, 0.2) is 36.1 Å². The number of aromatic hydroxyl groups is 2. The van der Waals surface area contributed by atoms with Gasteiger partial charge in [-0.3, -0.25) is 15.1 Å². The first kappa shape index (κ1) is 24.7. The van der Waals surface area contributed by atoms with Crippen molar-refractivity contribution < 1.29 is 29.4 Å². The molecule has 0 spiro atoms. The molecule has 3 rings (SSSR count). The van der Waals surface area contributed by atoms with Gasteiger partial charge in [0, 0.05) is 24.7 Å². The van der Waals surface area contributed by atoms with Crippen molar-refractivity contribution in [2.24, 2.45) is 5.92 Å². The second-order valence-electron chi connectivity index (χ2n) is 8.09. The van der Waals surface area contributed by atoms with Crippen LogP contribution in [-0.2, 0) is 14.4 Å². The van der Waals surface area contributed by atoms with Gasteiger partial charge in [0.25, 0.3) is 5.91 Å². The van der Waals surface area contributed by atoms with E-state index >= 15 is 0 Å². The number of ether oxygens (including phenoxy) is 1. The van der Waals surface area contributed by atoms with Gasteiger partial charge in [-0.2, -0.15) is 0 Å². The van der Waals surface area contributed by atoms with Gasteiger partial charge in [-0.1, -0.05) is 36.8 Å². The number of nitrogens with zero attached hydrogens (tertiary/aromatic N) is 1. The Bertz CT molecular complexity index is 966. The Kier molecular flexibility index (Phi) is 8.79. The molecule has 178 valence electrons. The zero-order valence-corrected chi connectivity index (χ0v) is 19.3. The number of esters is 1. The van der Waals surface area contributed by atoms with E-state index in [0.717, 1.165) is 38.4 Å². The molecule has 0 radical (unpaired) electrons. The maximum atomic E-state index is 12.7. The Labute approximate surface area is 198 Å². The minimum atomic E-state index is -0.790. The number of hydrogen-bond acceptors (Lipinski definition) is 7. The van der Waals surface area contributed by atoms with Gasteiger partial charge in [0.15, 0.2) is 6.61 Å². The van der Waals surface area contributed by atoms with E-state index < -0.39 is 11.7 Å². The van der Waals surface area contributed by atoms with E-state index in [0.29, 0.717) is 12.1 Å². The summed E-state index contributed by atoms with van der Waals surface area (Å²) in [5.74, 6) is -1.58. The molecule has 0 bridgehead atoms. The number of carbonyl (C=O) groups excluding carboxylic acids is 2. The summed E-state index contributed by atoms with van der Waals surface area (Å²) in [7, 11) is 0. The molecule has 1 saturated heterocycles. The molecule has 2 heterocycles. The van der Waals surface area contributed by atoms with E-state index in [9.17, 15) is 19.8 Å². The number of amides is 1. The normalized spacial score (nSPS) is 22.0. The Morgan fingerprint density at radius 3 is 2.76 bits per heavy atom. The van der Waals surface area contributed by atoms with Crippen LogP contribution in [0.2, 0.25) is 5.02 Å². The number of hydroxylamine groups is 1. The fraction of sp³-hybridized carbons (Fsp3) is 0.417. The number of piperidine rings is 1. The summed E-state index contributed by atoms with van der Waals surface area (Å²) in [6.07, 6.45) is 12.5. The Morgan fingerprint density at radius 2 is 2.00 bits per heavy atom. The number of phenols is 2. The first-order valence-electron chi connectivity index (χ1n) is 11.0. The summed E-state index contributed by atoms with van der Waals surface area (Å²) in [5, 5.41) is 20.3. The molecule has 1 fully saturated rings.